The number of nitrogens with zero attached hydrogens (tertiary/aromatic N) is 2. The number of hydrogen-bond donors (Lipinski definition) is 1. The maximum Gasteiger partial charge on any atom is 0.196 e. The molecular weight excluding hydrogens is 314 g/mol. The maximum absolute atomic E-state index is 6.15. The highest BCUT2D eigenvalue weighted by Crippen LogP contribution is 2.36. The molecule has 1 heterocycles. The number of nitrogens with two attached hydrogens (primary N) is 1. The van der Waals surface area contributed by atoms with E-state index in [1.807, 2.05) is 6.07 Å². The fourth-order valence-corrected chi connectivity index (χ4v) is 4.04. The molecule has 1 aliphatic heterocycles. The highest BCUT2D eigenvalue weighted by molar-refractivity contribution is 9.10. The van der Waals surface area contributed by atoms with Crippen molar-refractivity contribution in [3.05, 3.63) is 28.7 Å². The highest BCUT2D eigenvalue weighted by atomic mass is 79.9. The molecule has 0 saturated heterocycles. The molecule has 1 saturated carbocycles. The van der Waals surface area contributed by atoms with Crippen LogP contribution in [0.15, 0.2) is 33.7 Å². The maximum atomic E-state index is 6.15. The Hall–Kier alpha value is -1.03. The Morgan fingerprint density at radius 2 is 2.20 bits per heavy atom. The lowest BCUT2D eigenvalue weighted by Gasteiger charge is -2.36. The lowest BCUT2D eigenvalue weighted by Crippen LogP contribution is -2.45. The van der Waals surface area contributed by atoms with E-state index in [9.17, 15) is 0 Å². The minimum absolute atomic E-state index is 0.437. The number of hydrogen-bond acceptors (Lipinski definition) is 3. The van der Waals surface area contributed by atoms with Crippen LogP contribution in [0.1, 0.15) is 32.6 Å². The summed E-state index contributed by atoms with van der Waals surface area (Å²) in [5.41, 5.74) is 7.31. The van der Waals surface area contributed by atoms with Gasteiger partial charge < -0.3 is 10.6 Å². The molecule has 4 heteroatoms. The minimum Gasteiger partial charge on any atom is -0.370 e. The average Bonchev–Trinajstić information content (AvgIpc) is 2.80. The van der Waals surface area contributed by atoms with Crippen LogP contribution in [0.3, 0.4) is 0 Å². The van der Waals surface area contributed by atoms with Crippen LogP contribution >= 0.6 is 15.9 Å². The monoisotopic (exact) mass is 335 g/mol. The topological polar surface area (TPSA) is 41.6 Å². The van der Waals surface area contributed by atoms with Crippen LogP contribution in [0.25, 0.3) is 0 Å². The zero-order valence-corrected chi connectivity index (χ0v) is 13.5. The molecular formula is C16H22BrN3. The SMILES string of the molecule is CC1CCCC(C2CN=C(N)N2c2cccc(Br)c2)C1. The summed E-state index contributed by atoms with van der Waals surface area (Å²) in [6, 6.07) is 8.80. The molecule has 3 nitrogen and oxygen atoms in total. The van der Waals surface area contributed by atoms with Crippen molar-refractivity contribution in [2.24, 2.45) is 22.6 Å². The van der Waals surface area contributed by atoms with Gasteiger partial charge in [-0.15, -0.1) is 0 Å². The molecule has 0 aromatic heterocycles. The Labute approximate surface area is 129 Å². The molecule has 0 amide bonds. The van der Waals surface area contributed by atoms with E-state index < -0.39 is 0 Å². The van der Waals surface area contributed by atoms with Crippen molar-refractivity contribution < 1.29 is 0 Å². The van der Waals surface area contributed by atoms with Crippen LogP contribution in [-0.2, 0) is 0 Å². The lowest BCUT2D eigenvalue weighted by atomic mass is 9.78. The first-order valence-electron chi connectivity index (χ1n) is 7.50. The van der Waals surface area contributed by atoms with Crippen LogP contribution in [0.4, 0.5) is 5.69 Å². The Morgan fingerprint density at radius 1 is 1.35 bits per heavy atom. The fourth-order valence-electron chi connectivity index (χ4n) is 3.65. The summed E-state index contributed by atoms with van der Waals surface area (Å²) >= 11 is 3.55. The van der Waals surface area contributed by atoms with Gasteiger partial charge in [-0.3, -0.25) is 4.99 Å². The number of halogens is 1. The molecule has 1 fully saturated rings. The molecule has 3 unspecified atom stereocenters. The van der Waals surface area contributed by atoms with Crippen LogP contribution in [0, 0.1) is 11.8 Å². The first kappa shape index (κ1) is 13.9. The van der Waals surface area contributed by atoms with Gasteiger partial charge in [0.15, 0.2) is 5.96 Å². The van der Waals surface area contributed by atoms with Crippen molar-refractivity contribution in [3.63, 3.8) is 0 Å². The molecule has 20 heavy (non-hydrogen) atoms. The molecule has 0 spiro atoms. The first-order valence-corrected chi connectivity index (χ1v) is 8.29. The second kappa shape index (κ2) is 5.76. The molecule has 1 aromatic carbocycles. The molecule has 3 atom stereocenters. The summed E-state index contributed by atoms with van der Waals surface area (Å²) in [7, 11) is 0. The van der Waals surface area contributed by atoms with Gasteiger partial charge in [-0.05, 0) is 42.9 Å². The lowest BCUT2D eigenvalue weighted by molar-refractivity contribution is 0.253. The van der Waals surface area contributed by atoms with E-state index in [4.69, 9.17) is 5.73 Å². The van der Waals surface area contributed by atoms with E-state index in [-0.39, 0.29) is 0 Å². The Balaban J connectivity index is 1.84. The molecule has 2 N–H and O–H groups in total. The number of rotatable bonds is 2. The zero-order chi connectivity index (χ0) is 14.1. The van der Waals surface area contributed by atoms with E-state index in [0.29, 0.717) is 17.9 Å². The average molecular weight is 336 g/mol. The summed E-state index contributed by atoms with van der Waals surface area (Å²) in [6.45, 7) is 3.21. The summed E-state index contributed by atoms with van der Waals surface area (Å²) < 4.78 is 1.09. The number of anilines is 1. The predicted molar refractivity (Wildman–Crippen MR) is 88.0 cm³/mol. The number of benzene rings is 1. The Kier molecular flexibility index (Phi) is 4.01. The standard InChI is InChI=1S/C16H22BrN3/c1-11-4-2-5-12(8-11)15-10-19-16(18)20(15)14-7-3-6-13(17)9-14/h3,6-7,9,11-12,15H,2,4-5,8,10H2,1H3,(H2,18,19). The quantitative estimate of drug-likeness (QED) is 0.893. The molecule has 1 aromatic rings. The fraction of sp³-hybridized carbons (Fsp3) is 0.562. The van der Waals surface area contributed by atoms with E-state index in [2.05, 4.69) is 50.9 Å². The molecule has 3 rings (SSSR count). The molecule has 0 radical (unpaired) electrons. The minimum atomic E-state index is 0.437. The Bertz CT molecular complexity index is 514. The molecule has 0 bridgehead atoms. The predicted octanol–water partition coefficient (Wildman–Crippen LogP) is 3.78. The third-order valence-electron chi connectivity index (χ3n) is 4.63. The van der Waals surface area contributed by atoms with Crippen LogP contribution in [0.2, 0.25) is 0 Å². The summed E-state index contributed by atoms with van der Waals surface area (Å²) in [5, 5.41) is 0. The molecule has 108 valence electrons. The van der Waals surface area contributed by atoms with E-state index in [1.54, 1.807) is 0 Å². The second-order valence-corrected chi connectivity index (χ2v) is 7.06. The van der Waals surface area contributed by atoms with Crippen molar-refractivity contribution in [2.75, 3.05) is 11.4 Å². The van der Waals surface area contributed by atoms with E-state index in [1.165, 1.54) is 25.7 Å². The van der Waals surface area contributed by atoms with Gasteiger partial charge >= 0.3 is 0 Å². The first-order chi connectivity index (χ1) is 9.65. The molecule has 1 aliphatic carbocycles. The van der Waals surface area contributed by atoms with Crippen LogP contribution in [0.5, 0.6) is 0 Å². The zero-order valence-electron chi connectivity index (χ0n) is 11.9. The van der Waals surface area contributed by atoms with Crippen LogP contribution in [-0.4, -0.2) is 18.5 Å². The van der Waals surface area contributed by atoms with Crippen molar-refractivity contribution in [1.29, 1.82) is 0 Å². The van der Waals surface area contributed by atoms with Gasteiger partial charge in [0.2, 0.25) is 0 Å². The second-order valence-electron chi connectivity index (χ2n) is 6.15. The van der Waals surface area contributed by atoms with Gasteiger partial charge in [-0.2, -0.15) is 0 Å². The third kappa shape index (κ3) is 2.71. The highest BCUT2D eigenvalue weighted by Gasteiger charge is 2.35. The van der Waals surface area contributed by atoms with Crippen molar-refractivity contribution in [2.45, 2.75) is 38.6 Å². The van der Waals surface area contributed by atoms with Crippen LogP contribution < -0.4 is 10.6 Å². The van der Waals surface area contributed by atoms with Crippen molar-refractivity contribution >= 4 is 27.6 Å². The van der Waals surface area contributed by atoms with Gasteiger partial charge in [-0.1, -0.05) is 41.8 Å². The molecule has 2 aliphatic rings. The summed E-state index contributed by atoms with van der Waals surface area (Å²) in [5.74, 6) is 2.22. The van der Waals surface area contributed by atoms with E-state index in [0.717, 1.165) is 22.6 Å². The third-order valence-corrected chi connectivity index (χ3v) is 5.12. The van der Waals surface area contributed by atoms with Crippen molar-refractivity contribution in [1.82, 2.24) is 0 Å². The smallest absolute Gasteiger partial charge is 0.196 e. The van der Waals surface area contributed by atoms with Gasteiger partial charge in [0.05, 0.1) is 12.6 Å². The van der Waals surface area contributed by atoms with E-state index >= 15 is 0 Å². The van der Waals surface area contributed by atoms with Gasteiger partial charge in [0.1, 0.15) is 0 Å². The Morgan fingerprint density at radius 3 is 2.95 bits per heavy atom. The van der Waals surface area contributed by atoms with Gasteiger partial charge in [0.25, 0.3) is 0 Å². The largest absolute Gasteiger partial charge is 0.370 e. The summed E-state index contributed by atoms with van der Waals surface area (Å²) in [4.78, 5) is 6.75. The number of guanidine groups is 1. The summed E-state index contributed by atoms with van der Waals surface area (Å²) in [6.07, 6.45) is 5.32. The van der Waals surface area contributed by atoms with Gasteiger partial charge in [-0.25, -0.2) is 0 Å². The number of aliphatic imine (C=N–C) groups is 1. The van der Waals surface area contributed by atoms with Gasteiger partial charge in [0, 0.05) is 10.2 Å². The normalized spacial score (nSPS) is 30.4. The van der Waals surface area contributed by atoms with Crippen molar-refractivity contribution in [3.8, 4) is 0 Å².